The van der Waals surface area contributed by atoms with Crippen molar-refractivity contribution in [2.45, 2.75) is 52.6 Å². The molecule has 2 fully saturated rings. The van der Waals surface area contributed by atoms with Crippen LogP contribution in [0.3, 0.4) is 0 Å². The smallest absolute Gasteiger partial charge is 0.337 e. The summed E-state index contributed by atoms with van der Waals surface area (Å²) in [5.41, 5.74) is 10.4. The molecule has 4 aromatic carbocycles. The molecule has 0 spiro atoms. The Labute approximate surface area is 549 Å². The van der Waals surface area contributed by atoms with Gasteiger partial charge in [0.1, 0.15) is 30.2 Å². The maximum atomic E-state index is 12.0. The maximum Gasteiger partial charge on any atom is 0.337 e. The average molecular weight is 1360 g/mol. The molecule has 0 saturated carbocycles. The number of carbonyl (C=O) groups excluding carboxylic acids is 2. The van der Waals surface area contributed by atoms with Gasteiger partial charge in [0.05, 0.1) is 51.0 Å². The van der Waals surface area contributed by atoms with E-state index in [0.717, 1.165) is 81.6 Å². The standard InChI is InChI=1S/C23H25N5O5.C20H27ClN6O5S.C18H20ClN5O4/c1-15-10-21-25-23(27-28(21)26-15)17-5-7-18(8-6-17)24-13-32-14-33-22(29)12-16-4-9-19(30-2)20(11-16)31-3;1-15-18(21)20-23-19(25-27(20)24-15)16-3-5-17(6-4-16)22-13-31-14-32-33(28,29)12-2-7-26-8-10-30-11-9-26;1-11-15(19)17-21-16(23-24(17)22-11)12-4-2-5-13(8-12)20-9-26-10-28-18(25)14-6-3-7-27-14/h4-11,24,26H,12-14H2,1-3H3;3-6,22,24H,2,7-14H2,1H3;2,4-5,8,14,20,22H,3,6-7,9-10H2,1H3. The van der Waals surface area contributed by atoms with Crippen molar-refractivity contribution in [2.75, 3.05) is 116 Å². The minimum absolute atomic E-state index is 0.0375. The molecular formula is C61H72Cl2N16O14S. The van der Waals surface area contributed by atoms with Gasteiger partial charge in [-0.05, 0) is 125 Å². The third kappa shape index (κ3) is 18.7. The number of rotatable bonds is 28. The second-order valence-corrected chi connectivity index (χ2v) is 23.8. The number of halogens is 2. The SMILES string of the molecule is COc1ccc(CC(=O)OCOCNc2ccc(-c3nc4cc(C)[nH]n4n3)cc2)cc1OC.Cc1[nH]n2nc(-c3ccc(NCOCOS(=O)(=O)CCCN4CCOCC4)cc3)nc2c1Cl.Cc1[nH]n2nc(-c3cccc(NCOCOC(=O)C4CCCO4)c3)nc2c1Cl. The number of hydrogen-bond donors (Lipinski definition) is 6. The minimum Gasteiger partial charge on any atom is -0.493 e. The van der Waals surface area contributed by atoms with E-state index in [4.69, 9.17) is 70.0 Å². The van der Waals surface area contributed by atoms with Crippen molar-refractivity contribution >= 4 is 79.3 Å². The van der Waals surface area contributed by atoms with Crippen LogP contribution in [0.2, 0.25) is 10.0 Å². The zero-order valence-electron chi connectivity index (χ0n) is 52.2. The van der Waals surface area contributed by atoms with Gasteiger partial charge in [-0.2, -0.15) is 22.3 Å². The summed E-state index contributed by atoms with van der Waals surface area (Å²) >= 11 is 12.4. The molecule has 12 rings (SSSR count). The van der Waals surface area contributed by atoms with E-state index in [2.05, 4.69) is 66.4 Å². The number of morpholine rings is 1. The molecule has 6 aromatic heterocycles. The molecule has 2 aliphatic rings. The number of hydrogen-bond acceptors (Lipinski definition) is 24. The molecule has 0 amide bonds. The van der Waals surface area contributed by atoms with Crippen LogP contribution in [0.5, 0.6) is 11.5 Å². The normalized spacial score (nSPS) is 14.1. The first-order chi connectivity index (χ1) is 45.6. The zero-order chi connectivity index (χ0) is 66.0. The summed E-state index contributed by atoms with van der Waals surface area (Å²) in [5, 5.41) is 32.7. The molecule has 6 N–H and O–H groups in total. The van der Waals surface area contributed by atoms with Gasteiger partial charge in [0.25, 0.3) is 10.1 Å². The van der Waals surface area contributed by atoms with E-state index in [1.165, 1.54) is 0 Å². The Morgan fingerprint density at radius 2 is 1.22 bits per heavy atom. The Hall–Kier alpha value is -8.89. The van der Waals surface area contributed by atoms with Gasteiger partial charge >= 0.3 is 11.9 Å². The molecule has 30 nitrogen and oxygen atoms in total. The Morgan fingerprint density at radius 1 is 0.638 bits per heavy atom. The summed E-state index contributed by atoms with van der Waals surface area (Å²) in [6, 6.07) is 29.9. The van der Waals surface area contributed by atoms with Crippen LogP contribution in [-0.2, 0) is 63.5 Å². The number of aromatic amines is 3. The summed E-state index contributed by atoms with van der Waals surface area (Å²) in [5.74, 6) is 2.11. The number of nitrogens with one attached hydrogen (secondary N) is 6. The van der Waals surface area contributed by atoms with Crippen LogP contribution in [0.1, 0.15) is 41.9 Å². The molecule has 0 radical (unpaired) electrons. The van der Waals surface area contributed by atoms with Gasteiger partial charge in [0, 0.05) is 65.2 Å². The number of benzene rings is 4. The summed E-state index contributed by atoms with van der Waals surface area (Å²) in [6.07, 6.45) is 1.74. The van der Waals surface area contributed by atoms with E-state index < -0.39 is 22.2 Å². The Kier molecular flexibility index (Phi) is 23.7. The number of methoxy groups -OCH3 is 2. The van der Waals surface area contributed by atoms with Crippen LogP contribution in [0.25, 0.3) is 51.1 Å². The number of nitrogens with zero attached hydrogens (tertiary/aromatic N) is 10. The second-order valence-electron chi connectivity index (χ2n) is 21.3. The average Bonchev–Trinajstić information content (AvgIpc) is 1.66. The lowest BCUT2D eigenvalue weighted by molar-refractivity contribution is -0.166. The molecule has 1 atom stereocenters. The number of carbonyl (C=O) groups is 2. The second kappa shape index (κ2) is 32.8. The van der Waals surface area contributed by atoms with E-state index in [1.54, 1.807) is 46.3 Å². The van der Waals surface area contributed by atoms with E-state index in [9.17, 15) is 18.0 Å². The Balaban J connectivity index is 0.000000155. The van der Waals surface area contributed by atoms with Crippen molar-refractivity contribution in [2.24, 2.45) is 0 Å². The van der Waals surface area contributed by atoms with Crippen LogP contribution in [0.15, 0.2) is 97.1 Å². The molecule has 2 saturated heterocycles. The molecule has 8 heterocycles. The molecule has 1 unspecified atom stereocenters. The highest BCUT2D eigenvalue weighted by molar-refractivity contribution is 7.86. The van der Waals surface area contributed by atoms with Crippen LogP contribution in [0.4, 0.5) is 17.1 Å². The Bertz CT molecular complexity index is 4190. The van der Waals surface area contributed by atoms with Gasteiger partial charge in [0.2, 0.25) is 0 Å². The molecule has 10 aromatic rings. The van der Waals surface area contributed by atoms with Crippen molar-refractivity contribution in [3.05, 3.63) is 130 Å². The number of aromatic nitrogens is 12. The number of ether oxygens (including phenoxy) is 9. The Morgan fingerprint density at radius 3 is 1.82 bits per heavy atom. The first kappa shape index (κ1) is 68.0. The van der Waals surface area contributed by atoms with Crippen LogP contribution >= 0.6 is 23.2 Å². The van der Waals surface area contributed by atoms with Crippen molar-refractivity contribution in [3.8, 4) is 45.7 Å². The maximum absolute atomic E-state index is 12.0. The number of fused-ring (bicyclic) bond motifs is 3. The van der Waals surface area contributed by atoms with Crippen molar-refractivity contribution < 1.29 is 64.8 Å². The largest absolute Gasteiger partial charge is 0.493 e. The minimum atomic E-state index is -3.61. The van der Waals surface area contributed by atoms with Crippen molar-refractivity contribution in [1.29, 1.82) is 0 Å². The topological polar surface area (TPSA) is 338 Å². The van der Waals surface area contributed by atoms with Gasteiger partial charge in [-0.15, -0.1) is 15.3 Å². The highest BCUT2D eigenvalue weighted by Crippen LogP contribution is 2.29. The first-order valence-corrected chi connectivity index (χ1v) is 32.1. The number of anilines is 3. The van der Waals surface area contributed by atoms with Crippen molar-refractivity contribution in [3.63, 3.8) is 0 Å². The lowest BCUT2D eigenvalue weighted by Crippen LogP contribution is -2.37. The van der Waals surface area contributed by atoms with Gasteiger partial charge in [-0.1, -0.05) is 41.4 Å². The number of aryl methyl sites for hydroxylation is 3. The van der Waals surface area contributed by atoms with Gasteiger partial charge in [0.15, 0.2) is 72.4 Å². The van der Waals surface area contributed by atoms with E-state index in [1.807, 2.05) is 99.6 Å². The predicted octanol–water partition coefficient (Wildman–Crippen LogP) is 8.03. The molecular weight excluding hydrogens is 1280 g/mol. The highest BCUT2D eigenvalue weighted by Gasteiger charge is 2.25. The van der Waals surface area contributed by atoms with E-state index in [-0.39, 0.29) is 58.7 Å². The van der Waals surface area contributed by atoms with Crippen LogP contribution in [-0.4, -0.2) is 191 Å². The fourth-order valence-electron chi connectivity index (χ4n) is 9.57. The quantitative estimate of drug-likeness (QED) is 0.0117. The zero-order valence-corrected chi connectivity index (χ0v) is 54.5. The molecule has 2 aliphatic heterocycles. The van der Waals surface area contributed by atoms with Crippen LogP contribution < -0.4 is 25.4 Å². The third-order valence-corrected chi connectivity index (χ3v) is 16.6. The lowest BCUT2D eigenvalue weighted by Gasteiger charge is -2.26. The predicted molar refractivity (Wildman–Crippen MR) is 347 cm³/mol. The highest BCUT2D eigenvalue weighted by atomic mass is 35.5. The summed E-state index contributed by atoms with van der Waals surface area (Å²) in [7, 11) is -0.510. The van der Waals surface area contributed by atoms with Crippen molar-refractivity contribution in [1.82, 2.24) is 64.3 Å². The third-order valence-electron chi connectivity index (χ3n) is 14.5. The number of esters is 2. The van der Waals surface area contributed by atoms with Gasteiger partial charge in [-0.25, -0.2) is 23.9 Å². The molecule has 500 valence electrons. The summed E-state index contributed by atoms with van der Waals surface area (Å²) in [6.45, 7) is 9.90. The molecule has 0 bridgehead atoms. The molecule has 0 aliphatic carbocycles. The summed E-state index contributed by atoms with van der Waals surface area (Å²) < 4.78 is 80.6. The van der Waals surface area contributed by atoms with E-state index >= 15 is 0 Å². The fraction of sp³-hybridized carbons (Fsp3) is 0.377. The lowest BCUT2D eigenvalue weighted by atomic mass is 10.1. The van der Waals surface area contributed by atoms with Gasteiger partial charge in [-0.3, -0.25) is 25.0 Å². The monoisotopic (exact) mass is 1350 g/mol. The molecule has 94 heavy (non-hydrogen) atoms. The fourth-order valence-corrected chi connectivity index (χ4v) is 10.7. The molecule has 33 heteroatoms. The van der Waals surface area contributed by atoms with Gasteiger partial charge < -0.3 is 58.6 Å². The number of H-pyrrole nitrogens is 3. The van der Waals surface area contributed by atoms with E-state index in [0.29, 0.717) is 89.5 Å². The first-order valence-electron chi connectivity index (χ1n) is 29.8. The van der Waals surface area contributed by atoms with Crippen LogP contribution in [0, 0.1) is 20.8 Å². The summed E-state index contributed by atoms with van der Waals surface area (Å²) in [4.78, 5) is 39.3.